The lowest BCUT2D eigenvalue weighted by molar-refractivity contribution is -0.166. The molecule has 0 aromatic carbocycles. The fourth-order valence-corrected chi connectivity index (χ4v) is 3.06. The molecule has 3 heterocycles. The predicted molar refractivity (Wildman–Crippen MR) is 94.8 cm³/mol. The van der Waals surface area contributed by atoms with Crippen LogP contribution in [-0.4, -0.2) is 62.3 Å². The smallest absolute Gasteiger partial charge is 0.303 e. The van der Waals surface area contributed by atoms with Crippen LogP contribution in [0.3, 0.4) is 0 Å². The number of nitrogens with two attached hydrogens (primary N) is 1. The van der Waals surface area contributed by atoms with Crippen molar-refractivity contribution in [3.05, 3.63) is 12.7 Å². The molecule has 1 fully saturated rings. The molecule has 1 unspecified atom stereocenters. The molecule has 29 heavy (non-hydrogen) atoms. The average Bonchev–Trinajstić information content (AvgIpc) is 3.21. The molecular formula is C16H20N6O7. The molecule has 0 spiro atoms. The summed E-state index contributed by atoms with van der Waals surface area (Å²) >= 11 is 0. The Morgan fingerprint density at radius 1 is 1.10 bits per heavy atom. The first kappa shape index (κ1) is 20.4. The van der Waals surface area contributed by atoms with E-state index in [1.54, 1.807) is 0 Å². The van der Waals surface area contributed by atoms with Crippen LogP contribution in [-0.2, 0) is 33.3 Å². The van der Waals surface area contributed by atoms with Gasteiger partial charge in [0.1, 0.15) is 19.0 Å². The second-order valence-corrected chi connectivity index (χ2v) is 6.21. The van der Waals surface area contributed by atoms with E-state index in [1.807, 2.05) is 0 Å². The van der Waals surface area contributed by atoms with Gasteiger partial charge in [-0.2, -0.15) is 0 Å². The van der Waals surface area contributed by atoms with Crippen LogP contribution >= 0.6 is 0 Å². The molecule has 1 aliphatic rings. The molecule has 156 valence electrons. The molecule has 0 bridgehead atoms. The van der Waals surface area contributed by atoms with Gasteiger partial charge < -0.3 is 24.4 Å². The van der Waals surface area contributed by atoms with E-state index in [4.69, 9.17) is 24.8 Å². The van der Waals surface area contributed by atoms with Crippen LogP contribution in [0.15, 0.2) is 12.7 Å². The third kappa shape index (κ3) is 4.25. The van der Waals surface area contributed by atoms with Crippen LogP contribution in [0, 0.1) is 0 Å². The van der Waals surface area contributed by atoms with Crippen molar-refractivity contribution in [3.8, 4) is 0 Å². The Labute approximate surface area is 164 Å². The van der Waals surface area contributed by atoms with Crippen LogP contribution in [0.25, 0.3) is 11.2 Å². The van der Waals surface area contributed by atoms with E-state index in [1.165, 1.54) is 38.0 Å². The number of rotatable bonds is 6. The van der Waals surface area contributed by atoms with Gasteiger partial charge in [-0.15, -0.1) is 0 Å². The number of anilines is 1. The van der Waals surface area contributed by atoms with Crippen LogP contribution in [0.5, 0.6) is 0 Å². The van der Waals surface area contributed by atoms with Gasteiger partial charge in [0.15, 0.2) is 35.4 Å². The molecule has 13 heteroatoms. The van der Waals surface area contributed by atoms with Gasteiger partial charge in [-0.3, -0.25) is 19.0 Å². The molecule has 13 nitrogen and oxygen atoms in total. The van der Waals surface area contributed by atoms with Crippen molar-refractivity contribution in [2.24, 2.45) is 5.84 Å². The molecule has 2 aromatic rings. The maximum Gasteiger partial charge on any atom is 0.303 e. The lowest BCUT2D eigenvalue weighted by atomic mass is 10.1. The van der Waals surface area contributed by atoms with Crippen molar-refractivity contribution in [1.29, 1.82) is 0 Å². The Balaban J connectivity index is 2.02. The summed E-state index contributed by atoms with van der Waals surface area (Å²) < 4.78 is 23.2. The number of imidazole rings is 1. The lowest BCUT2D eigenvalue weighted by Crippen LogP contribution is -2.40. The van der Waals surface area contributed by atoms with Crippen molar-refractivity contribution < 1.29 is 33.3 Å². The molecule has 1 aliphatic heterocycles. The highest BCUT2D eigenvalue weighted by Crippen LogP contribution is 2.36. The van der Waals surface area contributed by atoms with Gasteiger partial charge >= 0.3 is 17.9 Å². The Bertz CT molecular complexity index is 932. The summed E-state index contributed by atoms with van der Waals surface area (Å²) in [6, 6.07) is 0. The summed E-state index contributed by atoms with van der Waals surface area (Å²) in [5.41, 5.74) is 3.11. The zero-order valence-corrected chi connectivity index (χ0v) is 15.9. The molecule has 1 saturated heterocycles. The molecule has 4 atom stereocenters. The minimum absolute atomic E-state index is 0.210. The Kier molecular flexibility index (Phi) is 5.89. The predicted octanol–water partition coefficient (Wildman–Crippen LogP) is -0.564. The van der Waals surface area contributed by atoms with Gasteiger partial charge in [-0.25, -0.2) is 20.8 Å². The van der Waals surface area contributed by atoms with Crippen molar-refractivity contribution in [2.45, 2.75) is 45.3 Å². The third-order valence-corrected chi connectivity index (χ3v) is 4.11. The first-order chi connectivity index (χ1) is 13.8. The van der Waals surface area contributed by atoms with Crippen LogP contribution < -0.4 is 11.3 Å². The summed E-state index contributed by atoms with van der Waals surface area (Å²) in [5, 5.41) is 0. The first-order valence-electron chi connectivity index (χ1n) is 8.59. The molecule has 3 rings (SSSR count). The van der Waals surface area contributed by atoms with E-state index in [2.05, 4.69) is 20.4 Å². The van der Waals surface area contributed by atoms with Gasteiger partial charge in [-0.1, -0.05) is 0 Å². The Morgan fingerprint density at radius 2 is 1.79 bits per heavy atom. The summed E-state index contributed by atoms with van der Waals surface area (Å²) in [4.78, 5) is 46.9. The first-order valence-corrected chi connectivity index (χ1v) is 8.59. The quantitative estimate of drug-likeness (QED) is 0.270. The summed E-state index contributed by atoms with van der Waals surface area (Å²) in [6.45, 7) is 3.45. The van der Waals surface area contributed by atoms with Gasteiger partial charge in [0, 0.05) is 20.8 Å². The highest BCUT2D eigenvalue weighted by Gasteiger charge is 2.51. The van der Waals surface area contributed by atoms with E-state index in [9.17, 15) is 14.4 Å². The largest absolute Gasteiger partial charge is 0.463 e. The monoisotopic (exact) mass is 408 g/mol. The van der Waals surface area contributed by atoms with Gasteiger partial charge in [0.05, 0.1) is 6.33 Å². The number of hydrazine groups is 1. The summed E-state index contributed by atoms with van der Waals surface area (Å²) in [5.74, 6) is 3.96. The van der Waals surface area contributed by atoms with Gasteiger partial charge in [-0.05, 0) is 0 Å². The van der Waals surface area contributed by atoms with E-state index in [0.29, 0.717) is 11.2 Å². The molecule has 3 N–H and O–H groups in total. The highest BCUT2D eigenvalue weighted by atomic mass is 16.7. The van der Waals surface area contributed by atoms with Gasteiger partial charge in [0.2, 0.25) is 0 Å². The number of nitrogens with one attached hydrogen (secondary N) is 1. The minimum Gasteiger partial charge on any atom is -0.463 e. The number of aromatic nitrogens is 4. The van der Waals surface area contributed by atoms with E-state index in [-0.39, 0.29) is 12.4 Å². The normalized spacial score (nSPS) is 23.6. The molecule has 2 aromatic heterocycles. The molecule has 0 saturated carbocycles. The lowest BCUT2D eigenvalue weighted by Gasteiger charge is -2.23. The van der Waals surface area contributed by atoms with Crippen molar-refractivity contribution >= 4 is 34.9 Å². The Morgan fingerprint density at radius 3 is 2.41 bits per heavy atom. The summed E-state index contributed by atoms with van der Waals surface area (Å²) in [7, 11) is 0. The standard InChI is InChI=1S/C16H20N6O7/c1-7(23)26-4-10-12(27-8(2)24)13(28-9(3)25)16(29-10)22-6-20-11-14(21-17)18-5-19-15(11)22/h5-6,10,12-13,16H,4,17H2,1-3H3,(H,18,19,21)/t10-,12+,13+,16?/m0/s1. The van der Waals surface area contributed by atoms with E-state index >= 15 is 0 Å². The van der Waals surface area contributed by atoms with E-state index < -0.39 is 42.4 Å². The van der Waals surface area contributed by atoms with Crippen molar-refractivity contribution in [2.75, 3.05) is 12.0 Å². The van der Waals surface area contributed by atoms with Crippen LogP contribution in [0.2, 0.25) is 0 Å². The molecule has 0 radical (unpaired) electrons. The fraction of sp³-hybridized carbons (Fsp3) is 0.500. The topological polar surface area (TPSA) is 170 Å². The number of hydrogen-bond donors (Lipinski definition) is 2. The number of ether oxygens (including phenoxy) is 4. The molecular weight excluding hydrogens is 388 g/mol. The molecule has 0 aliphatic carbocycles. The summed E-state index contributed by atoms with van der Waals surface area (Å²) in [6.07, 6.45) is -1.24. The fourth-order valence-electron chi connectivity index (χ4n) is 3.06. The van der Waals surface area contributed by atoms with Crippen molar-refractivity contribution in [3.63, 3.8) is 0 Å². The number of esters is 3. The van der Waals surface area contributed by atoms with Gasteiger partial charge in [0.25, 0.3) is 0 Å². The highest BCUT2D eigenvalue weighted by molar-refractivity contribution is 5.82. The number of carbonyl (C=O) groups is 3. The second kappa shape index (κ2) is 8.36. The second-order valence-electron chi connectivity index (χ2n) is 6.21. The molecule has 0 amide bonds. The van der Waals surface area contributed by atoms with Crippen LogP contribution in [0.1, 0.15) is 27.0 Å². The van der Waals surface area contributed by atoms with E-state index in [0.717, 1.165) is 0 Å². The number of hydrogen-bond acceptors (Lipinski definition) is 12. The maximum absolute atomic E-state index is 11.7. The average molecular weight is 408 g/mol. The van der Waals surface area contributed by atoms with Crippen molar-refractivity contribution in [1.82, 2.24) is 19.5 Å². The Hall–Kier alpha value is -3.32. The maximum atomic E-state index is 11.7. The number of nitrogens with zero attached hydrogens (tertiary/aromatic N) is 4. The number of carbonyl (C=O) groups excluding carboxylic acids is 3. The zero-order chi connectivity index (χ0) is 21.1. The zero-order valence-electron chi connectivity index (χ0n) is 15.9. The number of nitrogen functional groups attached to an aromatic ring is 1. The SMILES string of the molecule is CC(=O)OC[C@@H]1OC(n2cnc3c(NN)ncnc32)[C@H](OC(C)=O)[C@@H]1OC(C)=O. The third-order valence-electron chi connectivity index (χ3n) is 4.11. The minimum atomic E-state index is -1.04. The number of fused-ring (bicyclic) bond motifs is 1. The van der Waals surface area contributed by atoms with Crippen LogP contribution in [0.4, 0.5) is 5.82 Å².